The zero-order chi connectivity index (χ0) is 14.7. The van der Waals surface area contributed by atoms with Gasteiger partial charge in [0.15, 0.2) is 5.82 Å². The highest BCUT2D eigenvalue weighted by Crippen LogP contribution is 2.31. The summed E-state index contributed by atoms with van der Waals surface area (Å²) in [5.74, 6) is 0.841. The predicted molar refractivity (Wildman–Crippen MR) is 78.8 cm³/mol. The van der Waals surface area contributed by atoms with Crippen molar-refractivity contribution in [1.82, 2.24) is 15.5 Å². The van der Waals surface area contributed by atoms with Crippen molar-refractivity contribution in [3.8, 4) is 0 Å². The molecule has 2 fully saturated rings. The van der Waals surface area contributed by atoms with Crippen LogP contribution in [0.4, 0.5) is 5.82 Å². The molecule has 2 amide bonds. The van der Waals surface area contributed by atoms with Crippen LogP contribution in [-0.4, -0.2) is 28.1 Å². The minimum absolute atomic E-state index is 0.0590. The quantitative estimate of drug-likeness (QED) is 0.745. The van der Waals surface area contributed by atoms with Gasteiger partial charge in [0.1, 0.15) is 6.04 Å². The third kappa shape index (κ3) is 3.43. The van der Waals surface area contributed by atoms with Gasteiger partial charge in [0, 0.05) is 24.1 Å². The van der Waals surface area contributed by atoms with Crippen molar-refractivity contribution in [3.63, 3.8) is 0 Å². The van der Waals surface area contributed by atoms with Crippen LogP contribution in [0, 0.1) is 0 Å². The molecule has 114 valence electrons. The molecule has 0 bridgehead atoms. The Morgan fingerprint density at radius 2 is 1.95 bits per heavy atom. The van der Waals surface area contributed by atoms with Crippen LogP contribution in [0.1, 0.15) is 63.0 Å². The Labute approximate surface area is 124 Å². The van der Waals surface area contributed by atoms with Crippen LogP contribution in [0.25, 0.3) is 0 Å². The van der Waals surface area contributed by atoms with Gasteiger partial charge in [-0.3, -0.25) is 14.7 Å². The van der Waals surface area contributed by atoms with Gasteiger partial charge in [-0.2, -0.15) is 5.10 Å². The monoisotopic (exact) mass is 290 g/mol. The molecule has 1 aliphatic heterocycles. The number of carbonyl (C=O) groups excluding carboxylic acids is 2. The van der Waals surface area contributed by atoms with E-state index in [4.69, 9.17) is 0 Å². The van der Waals surface area contributed by atoms with Gasteiger partial charge in [0.2, 0.25) is 11.8 Å². The van der Waals surface area contributed by atoms with E-state index < -0.39 is 6.04 Å². The van der Waals surface area contributed by atoms with Crippen molar-refractivity contribution >= 4 is 17.6 Å². The predicted octanol–water partition coefficient (Wildman–Crippen LogP) is 2.06. The smallest absolute Gasteiger partial charge is 0.248 e. The number of anilines is 1. The van der Waals surface area contributed by atoms with Gasteiger partial charge >= 0.3 is 0 Å². The van der Waals surface area contributed by atoms with Gasteiger partial charge in [-0.05, 0) is 19.3 Å². The van der Waals surface area contributed by atoms with Crippen LogP contribution in [0.15, 0.2) is 6.07 Å². The lowest BCUT2D eigenvalue weighted by Gasteiger charge is -2.10. The van der Waals surface area contributed by atoms with Crippen LogP contribution >= 0.6 is 0 Å². The van der Waals surface area contributed by atoms with E-state index in [1.165, 1.54) is 38.5 Å². The molecule has 1 saturated carbocycles. The Balaban J connectivity index is 1.59. The highest BCUT2D eigenvalue weighted by atomic mass is 16.2. The third-order valence-corrected chi connectivity index (χ3v) is 4.46. The minimum atomic E-state index is -0.421. The van der Waals surface area contributed by atoms with Crippen molar-refractivity contribution < 1.29 is 9.59 Å². The fraction of sp³-hybridized carbons (Fsp3) is 0.667. The van der Waals surface area contributed by atoms with Crippen molar-refractivity contribution in [2.75, 3.05) is 5.32 Å². The molecule has 2 aliphatic rings. The molecule has 0 unspecified atom stereocenters. The molecular formula is C15H22N4O2. The maximum Gasteiger partial charge on any atom is 0.248 e. The number of aromatic amines is 1. The summed E-state index contributed by atoms with van der Waals surface area (Å²) in [7, 11) is 0. The van der Waals surface area contributed by atoms with Crippen molar-refractivity contribution in [2.24, 2.45) is 0 Å². The van der Waals surface area contributed by atoms with E-state index in [0.717, 1.165) is 5.69 Å². The molecule has 1 aromatic rings. The first-order chi connectivity index (χ1) is 10.2. The molecule has 1 aliphatic carbocycles. The summed E-state index contributed by atoms with van der Waals surface area (Å²) in [5, 5.41) is 12.7. The van der Waals surface area contributed by atoms with Gasteiger partial charge < -0.3 is 10.6 Å². The van der Waals surface area contributed by atoms with E-state index >= 15 is 0 Å². The Morgan fingerprint density at radius 3 is 2.62 bits per heavy atom. The van der Waals surface area contributed by atoms with Crippen LogP contribution < -0.4 is 10.6 Å². The van der Waals surface area contributed by atoms with Gasteiger partial charge in [0.25, 0.3) is 0 Å². The van der Waals surface area contributed by atoms with E-state index in [-0.39, 0.29) is 11.8 Å². The summed E-state index contributed by atoms with van der Waals surface area (Å²) >= 11 is 0. The summed E-state index contributed by atoms with van der Waals surface area (Å²) in [4.78, 5) is 23.2. The average Bonchev–Trinajstić information content (AvgIpc) is 3.01. The second-order valence-corrected chi connectivity index (χ2v) is 6.05. The number of hydrogen-bond donors (Lipinski definition) is 3. The lowest BCUT2D eigenvalue weighted by atomic mass is 9.97. The largest absolute Gasteiger partial charge is 0.344 e. The maximum atomic E-state index is 12.0. The van der Waals surface area contributed by atoms with Crippen molar-refractivity contribution in [1.29, 1.82) is 0 Å². The van der Waals surface area contributed by atoms with E-state index in [1.807, 2.05) is 6.07 Å². The highest BCUT2D eigenvalue weighted by Gasteiger charge is 2.27. The number of H-pyrrole nitrogens is 1. The SMILES string of the molecule is O=C1CC[C@H](C(=O)Nc2cc(C3CCCCCC3)[nH]n2)N1. The van der Waals surface area contributed by atoms with Gasteiger partial charge in [-0.1, -0.05) is 25.7 Å². The fourth-order valence-corrected chi connectivity index (χ4v) is 3.22. The van der Waals surface area contributed by atoms with Crippen molar-refractivity contribution in [3.05, 3.63) is 11.8 Å². The Hall–Kier alpha value is -1.85. The lowest BCUT2D eigenvalue weighted by Crippen LogP contribution is -2.37. The molecule has 1 atom stereocenters. The first-order valence-electron chi connectivity index (χ1n) is 7.88. The number of amides is 2. The number of hydrogen-bond acceptors (Lipinski definition) is 3. The first-order valence-corrected chi connectivity index (χ1v) is 7.88. The molecule has 21 heavy (non-hydrogen) atoms. The van der Waals surface area contributed by atoms with Crippen LogP contribution in [0.2, 0.25) is 0 Å². The molecule has 0 aromatic carbocycles. The van der Waals surface area contributed by atoms with E-state index in [0.29, 0.717) is 24.6 Å². The van der Waals surface area contributed by atoms with Gasteiger partial charge in [0.05, 0.1) is 0 Å². The third-order valence-electron chi connectivity index (χ3n) is 4.46. The molecule has 0 spiro atoms. The molecule has 6 heteroatoms. The molecule has 1 aromatic heterocycles. The standard InChI is InChI=1S/C15H22N4O2/c20-14-8-7-11(16-14)15(21)17-13-9-12(18-19-13)10-5-3-1-2-4-6-10/h9-11H,1-8H2,(H,16,20)(H2,17,18,19,21)/t11-/m1/s1. The van der Waals surface area contributed by atoms with Crippen LogP contribution in [0.3, 0.4) is 0 Å². The second-order valence-electron chi connectivity index (χ2n) is 6.05. The zero-order valence-corrected chi connectivity index (χ0v) is 12.2. The van der Waals surface area contributed by atoms with Gasteiger partial charge in [-0.25, -0.2) is 0 Å². The second kappa shape index (κ2) is 6.28. The summed E-state index contributed by atoms with van der Waals surface area (Å²) < 4.78 is 0. The van der Waals surface area contributed by atoms with Crippen LogP contribution in [0.5, 0.6) is 0 Å². The van der Waals surface area contributed by atoms with E-state index in [2.05, 4.69) is 20.8 Å². The zero-order valence-electron chi connectivity index (χ0n) is 12.2. The molecule has 6 nitrogen and oxygen atoms in total. The Morgan fingerprint density at radius 1 is 1.19 bits per heavy atom. The number of carbonyl (C=O) groups is 2. The molecular weight excluding hydrogens is 268 g/mol. The minimum Gasteiger partial charge on any atom is -0.344 e. The molecule has 1 saturated heterocycles. The Bertz CT molecular complexity index is 517. The first kappa shape index (κ1) is 14.1. The average molecular weight is 290 g/mol. The van der Waals surface area contributed by atoms with E-state index in [9.17, 15) is 9.59 Å². The number of aromatic nitrogens is 2. The molecule has 3 rings (SSSR count). The molecule has 0 radical (unpaired) electrons. The molecule has 2 heterocycles. The fourth-order valence-electron chi connectivity index (χ4n) is 3.22. The Kier molecular flexibility index (Phi) is 4.22. The number of nitrogens with zero attached hydrogens (tertiary/aromatic N) is 1. The van der Waals surface area contributed by atoms with E-state index in [1.54, 1.807) is 0 Å². The van der Waals surface area contributed by atoms with Crippen molar-refractivity contribution in [2.45, 2.75) is 63.3 Å². The number of nitrogens with one attached hydrogen (secondary N) is 3. The summed E-state index contributed by atoms with van der Waals surface area (Å²) in [6.07, 6.45) is 8.52. The van der Waals surface area contributed by atoms with Crippen LogP contribution in [-0.2, 0) is 9.59 Å². The summed E-state index contributed by atoms with van der Waals surface area (Å²) in [6.45, 7) is 0. The summed E-state index contributed by atoms with van der Waals surface area (Å²) in [6, 6.07) is 1.51. The maximum absolute atomic E-state index is 12.0. The lowest BCUT2D eigenvalue weighted by molar-refractivity contribution is -0.122. The molecule has 3 N–H and O–H groups in total. The highest BCUT2D eigenvalue weighted by molar-refractivity contribution is 5.98. The number of rotatable bonds is 3. The normalized spacial score (nSPS) is 23.6. The topological polar surface area (TPSA) is 86.9 Å². The summed E-state index contributed by atoms with van der Waals surface area (Å²) in [5.41, 5.74) is 1.11. The van der Waals surface area contributed by atoms with Gasteiger partial charge in [-0.15, -0.1) is 0 Å².